The van der Waals surface area contributed by atoms with Crippen LogP contribution >= 0.6 is 0 Å². The van der Waals surface area contributed by atoms with Crippen LogP contribution in [-0.4, -0.2) is 41.1 Å². The molecule has 116 valence electrons. The van der Waals surface area contributed by atoms with Gasteiger partial charge in [0.05, 0.1) is 0 Å². The maximum Gasteiger partial charge on any atom is 0.280 e. The van der Waals surface area contributed by atoms with Gasteiger partial charge in [0.1, 0.15) is 23.7 Å². The fraction of sp³-hybridized carbons (Fsp3) is 0.357. The predicted molar refractivity (Wildman–Crippen MR) is 75.6 cm³/mol. The molecule has 0 unspecified atom stereocenters. The Morgan fingerprint density at radius 1 is 0.955 bits per heavy atom. The van der Waals surface area contributed by atoms with E-state index in [4.69, 9.17) is 0 Å². The minimum atomic E-state index is -2.61. The van der Waals surface area contributed by atoms with Crippen molar-refractivity contribution in [3.8, 4) is 0 Å². The third kappa shape index (κ3) is 3.10. The standard InChI is InChI=1S/C14H14F3N5/c15-11-2-1-3-12(20-11)21-4-6-22(7-5-21)13-8-10(14(16)17)18-9-19-13/h1-3,8-9,14H,4-7H2. The van der Waals surface area contributed by atoms with Crippen molar-refractivity contribution in [1.82, 2.24) is 15.0 Å². The van der Waals surface area contributed by atoms with Crippen LogP contribution in [0.4, 0.5) is 24.8 Å². The van der Waals surface area contributed by atoms with Crippen LogP contribution in [0.15, 0.2) is 30.6 Å². The highest BCUT2D eigenvalue weighted by Gasteiger charge is 2.20. The summed E-state index contributed by atoms with van der Waals surface area (Å²) in [4.78, 5) is 15.3. The molecule has 0 aliphatic carbocycles. The van der Waals surface area contributed by atoms with Gasteiger partial charge in [0, 0.05) is 32.2 Å². The first-order valence-electron chi connectivity index (χ1n) is 6.86. The van der Waals surface area contributed by atoms with Crippen LogP contribution in [0.25, 0.3) is 0 Å². The number of aromatic nitrogens is 3. The highest BCUT2D eigenvalue weighted by molar-refractivity contribution is 5.45. The molecule has 1 aliphatic heterocycles. The molecule has 0 amide bonds. The zero-order valence-corrected chi connectivity index (χ0v) is 11.7. The number of nitrogens with zero attached hydrogens (tertiary/aromatic N) is 5. The lowest BCUT2D eigenvalue weighted by Gasteiger charge is -2.36. The molecule has 5 nitrogen and oxygen atoms in total. The smallest absolute Gasteiger partial charge is 0.280 e. The summed E-state index contributed by atoms with van der Waals surface area (Å²) < 4.78 is 38.5. The number of alkyl halides is 2. The van der Waals surface area contributed by atoms with Gasteiger partial charge in [0.2, 0.25) is 5.95 Å². The van der Waals surface area contributed by atoms with Gasteiger partial charge < -0.3 is 9.80 Å². The minimum Gasteiger partial charge on any atom is -0.353 e. The van der Waals surface area contributed by atoms with E-state index in [1.807, 2.05) is 9.80 Å². The number of halogens is 3. The Hall–Kier alpha value is -2.38. The Morgan fingerprint density at radius 3 is 2.27 bits per heavy atom. The van der Waals surface area contributed by atoms with Gasteiger partial charge >= 0.3 is 0 Å². The van der Waals surface area contributed by atoms with E-state index in [0.717, 1.165) is 6.33 Å². The molecule has 0 radical (unpaired) electrons. The largest absolute Gasteiger partial charge is 0.353 e. The van der Waals surface area contributed by atoms with Gasteiger partial charge in [-0.25, -0.2) is 23.7 Å². The third-order valence-electron chi connectivity index (χ3n) is 3.53. The molecule has 0 aromatic carbocycles. The average Bonchev–Trinajstić information content (AvgIpc) is 2.55. The van der Waals surface area contributed by atoms with Crippen molar-refractivity contribution < 1.29 is 13.2 Å². The summed E-state index contributed by atoms with van der Waals surface area (Å²) in [6.45, 7) is 2.42. The molecule has 1 fully saturated rings. The van der Waals surface area contributed by atoms with Gasteiger partial charge in [-0.2, -0.15) is 4.39 Å². The summed E-state index contributed by atoms with van der Waals surface area (Å²) in [5.74, 6) is 0.546. The third-order valence-corrected chi connectivity index (χ3v) is 3.53. The first-order chi connectivity index (χ1) is 10.6. The lowest BCUT2D eigenvalue weighted by molar-refractivity contribution is 0.146. The predicted octanol–water partition coefficient (Wildman–Crippen LogP) is 2.27. The molecule has 0 bridgehead atoms. The Morgan fingerprint density at radius 2 is 1.64 bits per heavy atom. The quantitative estimate of drug-likeness (QED) is 0.814. The van der Waals surface area contributed by atoms with Crippen molar-refractivity contribution in [1.29, 1.82) is 0 Å². The molecule has 1 saturated heterocycles. The summed E-state index contributed by atoms with van der Waals surface area (Å²) in [5.41, 5.74) is -0.278. The zero-order valence-electron chi connectivity index (χ0n) is 11.7. The molecular formula is C14H14F3N5. The molecular weight excluding hydrogens is 295 g/mol. The fourth-order valence-electron chi connectivity index (χ4n) is 2.39. The van der Waals surface area contributed by atoms with Crippen LogP contribution in [0.5, 0.6) is 0 Å². The Bertz CT molecular complexity index is 644. The molecule has 22 heavy (non-hydrogen) atoms. The van der Waals surface area contributed by atoms with Crippen molar-refractivity contribution in [3.05, 3.63) is 42.2 Å². The van der Waals surface area contributed by atoms with Crippen molar-refractivity contribution in [2.45, 2.75) is 6.43 Å². The lowest BCUT2D eigenvalue weighted by atomic mass is 10.3. The monoisotopic (exact) mass is 309 g/mol. The van der Waals surface area contributed by atoms with Gasteiger partial charge in [-0.15, -0.1) is 0 Å². The molecule has 2 aromatic rings. The second-order valence-corrected chi connectivity index (χ2v) is 4.89. The molecule has 2 aromatic heterocycles. The maximum absolute atomic E-state index is 13.1. The summed E-state index contributed by atoms with van der Waals surface area (Å²) >= 11 is 0. The van der Waals surface area contributed by atoms with E-state index in [1.165, 1.54) is 12.1 Å². The molecule has 0 atom stereocenters. The number of piperazine rings is 1. The average molecular weight is 309 g/mol. The molecule has 3 heterocycles. The van der Waals surface area contributed by atoms with E-state index in [9.17, 15) is 13.2 Å². The second-order valence-electron chi connectivity index (χ2n) is 4.89. The van der Waals surface area contributed by atoms with E-state index < -0.39 is 12.4 Å². The van der Waals surface area contributed by atoms with E-state index >= 15 is 0 Å². The molecule has 3 rings (SSSR count). The SMILES string of the molecule is Fc1cccc(N2CCN(c3cc(C(F)F)ncn3)CC2)n1. The molecule has 0 saturated carbocycles. The molecule has 1 aliphatic rings. The Labute approximate surface area is 125 Å². The summed E-state index contributed by atoms with van der Waals surface area (Å²) in [6, 6.07) is 5.97. The van der Waals surface area contributed by atoms with E-state index in [0.29, 0.717) is 37.8 Å². The summed E-state index contributed by atoms with van der Waals surface area (Å²) in [6.07, 6.45) is -1.46. The normalized spacial score (nSPS) is 15.5. The lowest BCUT2D eigenvalue weighted by Crippen LogP contribution is -2.47. The first kappa shape index (κ1) is 14.6. The van der Waals surface area contributed by atoms with Gasteiger partial charge in [0.15, 0.2) is 0 Å². The van der Waals surface area contributed by atoms with Crippen molar-refractivity contribution in [3.63, 3.8) is 0 Å². The highest BCUT2D eigenvalue weighted by atomic mass is 19.3. The van der Waals surface area contributed by atoms with Crippen LogP contribution in [0.1, 0.15) is 12.1 Å². The van der Waals surface area contributed by atoms with Gasteiger partial charge in [0.25, 0.3) is 6.43 Å². The van der Waals surface area contributed by atoms with Crippen molar-refractivity contribution in [2.75, 3.05) is 36.0 Å². The Kier molecular flexibility index (Phi) is 4.08. The van der Waals surface area contributed by atoms with Gasteiger partial charge in [-0.3, -0.25) is 0 Å². The first-order valence-corrected chi connectivity index (χ1v) is 6.86. The number of pyridine rings is 1. The molecule has 0 spiro atoms. The van der Waals surface area contributed by atoms with Crippen molar-refractivity contribution >= 4 is 11.6 Å². The van der Waals surface area contributed by atoms with Crippen molar-refractivity contribution in [2.24, 2.45) is 0 Å². The summed E-state index contributed by atoms with van der Waals surface area (Å²) in [5, 5.41) is 0. The van der Waals surface area contributed by atoms with Crippen LogP contribution in [-0.2, 0) is 0 Å². The Balaban J connectivity index is 1.68. The van der Waals surface area contributed by atoms with E-state index in [-0.39, 0.29) is 5.69 Å². The number of anilines is 2. The molecule has 8 heteroatoms. The number of hydrogen-bond donors (Lipinski definition) is 0. The minimum absolute atomic E-state index is 0.278. The van der Waals surface area contributed by atoms with E-state index in [1.54, 1.807) is 12.1 Å². The molecule has 0 N–H and O–H groups in total. The zero-order chi connectivity index (χ0) is 15.5. The topological polar surface area (TPSA) is 45.2 Å². The van der Waals surface area contributed by atoms with Crippen LogP contribution in [0, 0.1) is 5.95 Å². The van der Waals surface area contributed by atoms with Crippen LogP contribution < -0.4 is 9.80 Å². The van der Waals surface area contributed by atoms with Crippen LogP contribution in [0.3, 0.4) is 0 Å². The van der Waals surface area contributed by atoms with Crippen LogP contribution in [0.2, 0.25) is 0 Å². The second kappa shape index (κ2) is 6.17. The van der Waals surface area contributed by atoms with E-state index in [2.05, 4.69) is 15.0 Å². The summed E-state index contributed by atoms with van der Waals surface area (Å²) in [7, 11) is 0. The maximum atomic E-state index is 13.1. The number of hydrogen-bond acceptors (Lipinski definition) is 5. The highest BCUT2D eigenvalue weighted by Crippen LogP contribution is 2.22. The van der Waals surface area contributed by atoms with Gasteiger partial charge in [-0.05, 0) is 12.1 Å². The number of rotatable bonds is 3. The van der Waals surface area contributed by atoms with Gasteiger partial charge in [-0.1, -0.05) is 6.07 Å². The fourth-order valence-corrected chi connectivity index (χ4v) is 2.39.